The molecule has 2 aliphatic rings. The molecule has 5 heteroatoms. The van der Waals surface area contributed by atoms with Gasteiger partial charge in [0.1, 0.15) is 17.2 Å². The number of nitrogens with zero attached hydrogens (tertiary/aromatic N) is 2. The molecule has 2 atom stereocenters. The summed E-state index contributed by atoms with van der Waals surface area (Å²) >= 11 is 0. The van der Waals surface area contributed by atoms with Gasteiger partial charge in [0.15, 0.2) is 0 Å². The lowest BCUT2D eigenvalue weighted by Crippen LogP contribution is -2.33. The molecular weight excluding hydrogens is 352 g/mol. The van der Waals surface area contributed by atoms with E-state index in [2.05, 4.69) is 6.07 Å². The lowest BCUT2D eigenvalue weighted by molar-refractivity contribution is -0.0190. The van der Waals surface area contributed by atoms with Crippen LogP contribution < -0.4 is 4.74 Å². The molecule has 140 valence electrons. The fourth-order valence-corrected chi connectivity index (χ4v) is 3.94. The molecule has 5 rings (SSSR count). The molecule has 0 unspecified atom stereocenters. The molecule has 2 heterocycles. The average molecular weight is 372 g/mol. The van der Waals surface area contributed by atoms with Crippen LogP contribution in [0.25, 0.3) is 0 Å². The maximum Gasteiger partial charge on any atom is 0.213 e. The van der Waals surface area contributed by atoms with Gasteiger partial charge >= 0.3 is 0 Å². The van der Waals surface area contributed by atoms with Crippen LogP contribution in [-0.2, 0) is 0 Å². The Labute approximate surface area is 163 Å². The minimum Gasteiger partial charge on any atom is -0.508 e. The average Bonchev–Trinajstić information content (AvgIpc) is 3.15. The van der Waals surface area contributed by atoms with Crippen LogP contribution in [0.5, 0.6) is 17.2 Å². The number of phenolic OH excluding ortho intramolecular Hbond substituents is 2. The van der Waals surface area contributed by atoms with Crippen LogP contribution in [0.1, 0.15) is 40.9 Å². The van der Waals surface area contributed by atoms with Crippen LogP contribution in [0.15, 0.2) is 71.8 Å². The van der Waals surface area contributed by atoms with Gasteiger partial charge in [-0.15, -0.1) is 0 Å². The van der Waals surface area contributed by atoms with E-state index in [9.17, 15) is 10.2 Å². The molecule has 0 bridgehead atoms. The van der Waals surface area contributed by atoms with Gasteiger partial charge in [0.05, 0.1) is 11.8 Å². The number of para-hydroxylation sites is 1. The third kappa shape index (κ3) is 2.67. The largest absolute Gasteiger partial charge is 0.508 e. The molecule has 0 amide bonds. The first-order valence-electron chi connectivity index (χ1n) is 9.30. The number of benzene rings is 3. The first kappa shape index (κ1) is 16.7. The van der Waals surface area contributed by atoms with Crippen molar-refractivity contribution < 1.29 is 14.9 Å². The Morgan fingerprint density at radius 2 is 1.79 bits per heavy atom. The molecule has 0 fully saturated rings. The Kier molecular flexibility index (Phi) is 3.76. The Morgan fingerprint density at radius 3 is 2.61 bits per heavy atom. The Balaban J connectivity index is 1.61. The van der Waals surface area contributed by atoms with E-state index in [1.165, 1.54) is 0 Å². The van der Waals surface area contributed by atoms with E-state index in [1.807, 2.05) is 54.4 Å². The van der Waals surface area contributed by atoms with Crippen LogP contribution in [-0.4, -0.2) is 20.9 Å². The predicted molar refractivity (Wildman–Crippen MR) is 106 cm³/mol. The van der Waals surface area contributed by atoms with Gasteiger partial charge < -0.3 is 14.9 Å². The van der Waals surface area contributed by atoms with Crippen LogP contribution in [0, 0.1) is 6.92 Å². The predicted octanol–water partition coefficient (Wildman–Crippen LogP) is 4.65. The van der Waals surface area contributed by atoms with Gasteiger partial charge in [-0.05, 0) is 49.4 Å². The highest BCUT2D eigenvalue weighted by atomic mass is 16.5. The molecule has 2 aliphatic heterocycles. The summed E-state index contributed by atoms with van der Waals surface area (Å²) in [5.41, 5.74) is 4.68. The van der Waals surface area contributed by atoms with E-state index < -0.39 is 6.23 Å². The second kappa shape index (κ2) is 6.30. The van der Waals surface area contributed by atoms with Crippen molar-refractivity contribution in [1.29, 1.82) is 0 Å². The number of aromatic hydroxyl groups is 2. The van der Waals surface area contributed by atoms with Gasteiger partial charge in [-0.1, -0.05) is 29.8 Å². The number of hydrazone groups is 1. The summed E-state index contributed by atoms with van der Waals surface area (Å²) in [5.74, 6) is 1.29. The van der Waals surface area contributed by atoms with Crippen molar-refractivity contribution in [1.82, 2.24) is 5.01 Å². The molecule has 3 aromatic rings. The van der Waals surface area contributed by atoms with Crippen molar-refractivity contribution in [2.45, 2.75) is 25.6 Å². The molecule has 0 saturated carbocycles. The maximum absolute atomic E-state index is 10.4. The fourth-order valence-electron chi connectivity index (χ4n) is 3.94. The van der Waals surface area contributed by atoms with Crippen molar-refractivity contribution in [3.63, 3.8) is 0 Å². The topological polar surface area (TPSA) is 65.3 Å². The van der Waals surface area contributed by atoms with Crippen molar-refractivity contribution in [3.8, 4) is 17.2 Å². The van der Waals surface area contributed by atoms with E-state index in [1.54, 1.807) is 18.2 Å². The summed E-state index contributed by atoms with van der Waals surface area (Å²) in [4.78, 5) is 0. The van der Waals surface area contributed by atoms with E-state index >= 15 is 0 Å². The molecule has 0 spiro atoms. The summed E-state index contributed by atoms with van der Waals surface area (Å²) in [6, 6.07) is 20.6. The summed E-state index contributed by atoms with van der Waals surface area (Å²) < 4.78 is 6.28. The number of hydrogen-bond acceptors (Lipinski definition) is 5. The quantitative estimate of drug-likeness (QED) is 0.687. The van der Waals surface area contributed by atoms with Crippen LogP contribution in [0.3, 0.4) is 0 Å². The smallest absolute Gasteiger partial charge is 0.213 e. The van der Waals surface area contributed by atoms with Gasteiger partial charge in [0, 0.05) is 23.1 Å². The molecule has 0 saturated heterocycles. The molecule has 0 aromatic heterocycles. The molecule has 3 aromatic carbocycles. The van der Waals surface area contributed by atoms with Crippen LogP contribution >= 0.6 is 0 Å². The first-order chi connectivity index (χ1) is 13.6. The fraction of sp³-hybridized carbons (Fsp3) is 0.174. The number of hydrogen-bond donors (Lipinski definition) is 2. The zero-order valence-electron chi connectivity index (χ0n) is 15.4. The molecule has 0 aliphatic carbocycles. The maximum atomic E-state index is 10.4. The second-order valence-corrected chi connectivity index (χ2v) is 7.27. The van der Waals surface area contributed by atoms with Gasteiger partial charge in [-0.3, -0.25) is 0 Å². The Bertz CT molecular complexity index is 1080. The number of fused-ring (bicyclic) bond motifs is 3. The monoisotopic (exact) mass is 372 g/mol. The zero-order valence-corrected chi connectivity index (χ0v) is 15.4. The third-order valence-corrected chi connectivity index (χ3v) is 5.34. The normalized spacial score (nSPS) is 20.2. The van der Waals surface area contributed by atoms with E-state index in [0.717, 1.165) is 33.7 Å². The molecule has 2 N–H and O–H groups in total. The van der Waals surface area contributed by atoms with E-state index in [4.69, 9.17) is 9.84 Å². The van der Waals surface area contributed by atoms with Crippen molar-refractivity contribution in [3.05, 3.63) is 89.0 Å². The number of rotatable bonds is 2. The lowest BCUT2D eigenvalue weighted by atomic mass is 9.95. The summed E-state index contributed by atoms with van der Waals surface area (Å²) in [7, 11) is 0. The highest BCUT2D eigenvalue weighted by Gasteiger charge is 2.41. The Hall–Kier alpha value is -3.47. The van der Waals surface area contributed by atoms with Gasteiger partial charge in [0.25, 0.3) is 0 Å². The third-order valence-electron chi connectivity index (χ3n) is 5.34. The van der Waals surface area contributed by atoms with Crippen LogP contribution in [0.2, 0.25) is 0 Å². The number of aryl methyl sites for hydroxylation is 1. The SMILES string of the molecule is Cc1ccc(O)c(C2=NN3[C@H](C2)c2ccccc2O[C@H]3c2ccc(O)cc2)c1. The van der Waals surface area contributed by atoms with Gasteiger partial charge in [-0.25, -0.2) is 5.01 Å². The van der Waals surface area contributed by atoms with Crippen molar-refractivity contribution in [2.24, 2.45) is 5.10 Å². The molecule has 0 radical (unpaired) electrons. The number of phenols is 2. The van der Waals surface area contributed by atoms with E-state index in [0.29, 0.717) is 6.42 Å². The highest BCUT2D eigenvalue weighted by molar-refractivity contribution is 6.04. The van der Waals surface area contributed by atoms with Gasteiger partial charge in [-0.2, -0.15) is 5.10 Å². The summed E-state index contributed by atoms with van der Waals surface area (Å²) in [6.07, 6.45) is 0.288. The summed E-state index contributed by atoms with van der Waals surface area (Å²) in [5, 5.41) is 26.8. The van der Waals surface area contributed by atoms with Crippen molar-refractivity contribution in [2.75, 3.05) is 0 Å². The minimum absolute atomic E-state index is 0.0265. The number of ether oxygens (including phenoxy) is 1. The first-order valence-corrected chi connectivity index (χ1v) is 9.30. The molecule has 28 heavy (non-hydrogen) atoms. The molecular formula is C23H20N2O3. The van der Waals surface area contributed by atoms with Crippen LogP contribution in [0.4, 0.5) is 0 Å². The zero-order chi connectivity index (χ0) is 19.3. The van der Waals surface area contributed by atoms with Gasteiger partial charge in [0.2, 0.25) is 6.23 Å². The highest BCUT2D eigenvalue weighted by Crippen LogP contribution is 2.47. The standard InChI is InChI=1S/C23H20N2O3/c1-14-6-11-21(27)18(12-14)19-13-20-17-4-2-3-5-22(17)28-23(25(20)24-19)15-7-9-16(26)10-8-15/h2-12,20,23,26-27H,13H2,1H3/t20-,23+/m1/s1. The second-order valence-electron chi connectivity index (χ2n) is 7.27. The molecule has 5 nitrogen and oxygen atoms in total. The van der Waals surface area contributed by atoms with Crippen molar-refractivity contribution >= 4 is 5.71 Å². The minimum atomic E-state index is -0.398. The lowest BCUT2D eigenvalue weighted by Gasteiger charge is -2.38. The Morgan fingerprint density at radius 1 is 1.00 bits per heavy atom. The summed E-state index contributed by atoms with van der Waals surface area (Å²) in [6.45, 7) is 2.00. The van der Waals surface area contributed by atoms with E-state index in [-0.39, 0.29) is 17.5 Å².